The van der Waals surface area contributed by atoms with Crippen molar-refractivity contribution in [3.63, 3.8) is 0 Å². The summed E-state index contributed by atoms with van der Waals surface area (Å²) >= 11 is 0. The van der Waals surface area contributed by atoms with Gasteiger partial charge in [-0.15, -0.1) is 0 Å². The minimum atomic E-state index is -0.914. The zero-order valence-electron chi connectivity index (χ0n) is 9.06. The molecule has 0 aliphatic rings. The largest absolute Gasteiger partial charge is 0.491 e. The van der Waals surface area contributed by atoms with Gasteiger partial charge in [-0.05, 0) is 37.6 Å². The fraction of sp³-hybridized carbons (Fsp3) is 0.417. The molecule has 0 amide bonds. The van der Waals surface area contributed by atoms with E-state index in [1.54, 1.807) is 24.3 Å². The van der Waals surface area contributed by atoms with E-state index in [1.165, 1.54) is 0 Å². The molecule has 0 bridgehead atoms. The number of carboxylic acids is 1. The monoisotopic (exact) mass is 208 g/mol. The van der Waals surface area contributed by atoms with Gasteiger partial charge in [-0.3, -0.25) is 0 Å². The third kappa shape index (κ3) is 3.62. The maximum atomic E-state index is 10.6. The van der Waals surface area contributed by atoms with E-state index in [0.717, 1.165) is 18.6 Å². The lowest BCUT2D eigenvalue weighted by atomic mass is 10.2. The predicted molar refractivity (Wildman–Crippen MR) is 58.4 cm³/mol. The van der Waals surface area contributed by atoms with E-state index in [-0.39, 0.29) is 11.7 Å². The molecule has 0 saturated heterocycles. The average molecular weight is 208 g/mol. The Hall–Kier alpha value is -1.51. The van der Waals surface area contributed by atoms with Gasteiger partial charge in [-0.2, -0.15) is 0 Å². The second kappa shape index (κ2) is 5.39. The van der Waals surface area contributed by atoms with E-state index in [0.29, 0.717) is 0 Å². The molecular formula is C12H16O3. The first-order valence-electron chi connectivity index (χ1n) is 5.13. The second-order valence-corrected chi connectivity index (χ2v) is 3.55. The molecule has 1 N–H and O–H groups in total. The van der Waals surface area contributed by atoms with Crippen molar-refractivity contribution in [3.05, 3.63) is 29.8 Å². The summed E-state index contributed by atoms with van der Waals surface area (Å²) in [5, 5.41) is 8.70. The van der Waals surface area contributed by atoms with Gasteiger partial charge < -0.3 is 9.84 Å². The van der Waals surface area contributed by atoms with Gasteiger partial charge in [0.2, 0.25) is 0 Å². The van der Waals surface area contributed by atoms with Crippen molar-refractivity contribution in [2.45, 2.75) is 32.8 Å². The Morgan fingerprint density at radius 1 is 1.40 bits per heavy atom. The summed E-state index contributed by atoms with van der Waals surface area (Å²) in [7, 11) is 0. The Morgan fingerprint density at radius 3 is 2.47 bits per heavy atom. The maximum absolute atomic E-state index is 10.6. The van der Waals surface area contributed by atoms with E-state index in [9.17, 15) is 4.79 Å². The van der Waals surface area contributed by atoms with Crippen LogP contribution in [0.2, 0.25) is 0 Å². The zero-order valence-corrected chi connectivity index (χ0v) is 9.06. The van der Waals surface area contributed by atoms with Crippen LogP contribution in [0.5, 0.6) is 5.75 Å². The molecular weight excluding hydrogens is 192 g/mol. The molecule has 0 aliphatic carbocycles. The fourth-order valence-electron chi connectivity index (χ4n) is 1.37. The first kappa shape index (κ1) is 11.6. The van der Waals surface area contributed by atoms with Crippen molar-refractivity contribution in [3.8, 4) is 5.75 Å². The molecule has 0 radical (unpaired) electrons. The van der Waals surface area contributed by atoms with Crippen molar-refractivity contribution in [2.24, 2.45) is 0 Å². The summed E-state index contributed by atoms with van der Waals surface area (Å²) in [4.78, 5) is 10.6. The summed E-state index contributed by atoms with van der Waals surface area (Å²) in [6.07, 6.45) is 2.25. The Balaban J connectivity index is 2.60. The molecule has 0 aromatic heterocycles. The van der Waals surface area contributed by atoms with E-state index in [1.807, 2.05) is 6.92 Å². The first-order chi connectivity index (χ1) is 7.13. The highest BCUT2D eigenvalue weighted by atomic mass is 16.5. The van der Waals surface area contributed by atoms with Crippen molar-refractivity contribution >= 4 is 5.97 Å². The lowest BCUT2D eigenvalue weighted by Gasteiger charge is -2.13. The third-order valence-electron chi connectivity index (χ3n) is 2.13. The Morgan fingerprint density at radius 2 is 2.00 bits per heavy atom. The summed E-state index contributed by atoms with van der Waals surface area (Å²) in [6, 6.07) is 6.48. The highest BCUT2D eigenvalue weighted by Gasteiger charge is 2.04. The predicted octanol–water partition coefficient (Wildman–Crippen LogP) is 2.95. The standard InChI is InChI=1S/C12H16O3/c1-3-4-9(2)15-11-7-5-10(6-8-11)12(13)14/h5-9H,3-4H2,1-2H3,(H,13,14)/t9-/m1/s1. The van der Waals surface area contributed by atoms with Crippen molar-refractivity contribution < 1.29 is 14.6 Å². The fourth-order valence-corrected chi connectivity index (χ4v) is 1.37. The van der Waals surface area contributed by atoms with Crippen LogP contribution in [0.4, 0.5) is 0 Å². The van der Waals surface area contributed by atoms with Crippen molar-refractivity contribution in [1.82, 2.24) is 0 Å². The highest BCUT2D eigenvalue weighted by molar-refractivity contribution is 5.87. The number of carboxylic acid groups (broad SMARTS) is 1. The zero-order chi connectivity index (χ0) is 11.3. The molecule has 82 valence electrons. The molecule has 0 aliphatic heterocycles. The van der Waals surface area contributed by atoms with Crippen LogP contribution in [0.25, 0.3) is 0 Å². The maximum Gasteiger partial charge on any atom is 0.335 e. The summed E-state index contributed by atoms with van der Waals surface area (Å²) in [5.74, 6) is -0.191. The first-order valence-corrected chi connectivity index (χ1v) is 5.13. The van der Waals surface area contributed by atoms with Crippen LogP contribution in [0, 0.1) is 0 Å². The topological polar surface area (TPSA) is 46.5 Å². The number of carbonyl (C=O) groups is 1. The van der Waals surface area contributed by atoms with Gasteiger partial charge in [0, 0.05) is 0 Å². The Labute approximate surface area is 89.7 Å². The van der Waals surface area contributed by atoms with E-state index >= 15 is 0 Å². The van der Waals surface area contributed by atoms with Crippen LogP contribution in [0.15, 0.2) is 24.3 Å². The van der Waals surface area contributed by atoms with Gasteiger partial charge in [-0.1, -0.05) is 13.3 Å². The van der Waals surface area contributed by atoms with Gasteiger partial charge in [0.25, 0.3) is 0 Å². The molecule has 1 aromatic carbocycles. The number of hydrogen-bond donors (Lipinski definition) is 1. The second-order valence-electron chi connectivity index (χ2n) is 3.55. The van der Waals surface area contributed by atoms with Crippen LogP contribution in [0.3, 0.4) is 0 Å². The van der Waals surface area contributed by atoms with Crippen molar-refractivity contribution in [2.75, 3.05) is 0 Å². The lowest BCUT2D eigenvalue weighted by molar-refractivity contribution is 0.0697. The highest BCUT2D eigenvalue weighted by Crippen LogP contribution is 2.15. The molecule has 1 rings (SSSR count). The number of hydrogen-bond acceptors (Lipinski definition) is 2. The van der Waals surface area contributed by atoms with Gasteiger partial charge in [0.05, 0.1) is 11.7 Å². The molecule has 15 heavy (non-hydrogen) atoms. The van der Waals surface area contributed by atoms with Gasteiger partial charge in [0.1, 0.15) is 5.75 Å². The minimum Gasteiger partial charge on any atom is -0.491 e. The Kier molecular flexibility index (Phi) is 4.16. The molecule has 1 atom stereocenters. The van der Waals surface area contributed by atoms with E-state index in [4.69, 9.17) is 9.84 Å². The molecule has 3 heteroatoms. The smallest absolute Gasteiger partial charge is 0.335 e. The normalized spacial score (nSPS) is 12.1. The Bertz CT molecular complexity index is 316. The molecule has 0 unspecified atom stereocenters. The molecule has 0 heterocycles. The number of rotatable bonds is 5. The molecule has 1 aromatic rings. The van der Waals surface area contributed by atoms with Crippen LogP contribution in [0.1, 0.15) is 37.0 Å². The molecule has 0 spiro atoms. The SMILES string of the molecule is CCC[C@@H](C)Oc1ccc(C(=O)O)cc1. The van der Waals surface area contributed by atoms with Crippen LogP contribution < -0.4 is 4.74 Å². The summed E-state index contributed by atoms with van der Waals surface area (Å²) in [6.45, 7) is 4.11. The molecule has 0 saturated carbocycles. The van der Waals surface area contributed by atoms with Gasteiger partial charge in [0.15, 0.2) is 0 Å². The third-order valence-corrected chi connectivity index (χ3v) is 2.13. The minimum absolute atomic E-state index is 0.172. The number of aromatic carboxylic acids is 1. The summed E-state index contributed by atoms with van der Waals surface area (Å²) in [5.41, 5.74) is 0.283. The summed E-state index contributed by atoms with van der Waals surface area (Å²) < 4.78 is 5.60. The van der Waals surface area contributed by atoms with Gasteiger partial charge >= 0.3 is 5.97 Å². The van der Waals surface area contributed by atoms with E-state index < -0.39 is 5.97 Å². The quantitative estimate of drug-likeness (QED) is 0.809. The lowest BCUT2D eigenvalue weighted by Crippen LogP contribution is -2.10. The van der Waals surface area contributed by atoms with Crippen LogP contribution in [-0.2, 0) is 0 Å². The average Bonchev–Trinajstić information content (AvgIpc) is 2.18. The molecule has 0 fully saturated rings. The van der Waals surface area contributed by atoms with Crippen LogP contribution in [-0.4, -0.2) is 17.2 Å². The van der Waals surface area contributed by atoms with Crippen LogP contribution >= 0.6 is 0 Å². The van der Waals surface area contributed by atoms with Crippen molar-refractivity contribution in [1.29, 1.82) is 0 Å². The van der Waals surface area contributed by atoms with E-state index in [2.05, 4.69) is 6.92 Å². The number of ether oxygens (including phenoxy) is 1. The number of benzene rings is 1. The van der Waals surface area contributed by atoms with Gasteiger partial charge in [-0.25, -0.2) is 4.79 Å². The molecule has 3 nitrogen and oxygen atoms in total.